The van der Waals surface area contributed by atoms with Crippen LogP contribution in [-0.4, -0.2) is 12.3 Å². The Kier molecular flexibility index (Phi) is 1.63. The minimum atomic E-state index is 0.0579. The average molecular weight is 114 g/mol. The van der Waals surface area contributed by atoms with E-state index in [0.29, 0.717) is 0 Å². The molecule has 1 unspecified atom stereocenters. The van der Waals surface area contributed by atoms with Crippen LogP contribution in [0.1, 0.15) is 19.3 Å². The summed E-state index contributed by atoms with van der Waals surface area (Å²) < 4.78 is 0. The normalized spacial score (nSPS) is 22.6. The molecule has 1 rings (SSSR count). The molecule has 0 aromatic heterocycles. The number of carbonyl (C=O) groups excluding carboxylic acids is 1. The van der Waals surface area contributed by atoms with Crippen LogP contribution in [0.4, 0.5) is 0 Å². The maximum absolute atomic E-state index is 10.0. The zero-order valence-corrected chi connectivity index (χ0v) is 4.97. The second-order valence-corrected chi connectivity index (χ2v) is 2.58. The first-order chi connectivity index (χ1) is 3.83. The fraction of sp³-hybridized carbons (Fsp3) is 0.833. The zero-order chi connectivity index (χ0) is 5.98. The van der Waals surface area contributed by atoms with Crippen LogP contribution in [0.5, 0.6) is 0 Å². The molecular weight excluding hydrogens is 102 g/mol. The molecule has 0 aliphatic heterocycles. The fourth-order valence-electron chi connectivity index (χ4n) is 0.837. The predicted molar refractivity (Wildman–Crippen MR) is 30.1 cm³/mol. The van der Waals surface area contributed by atoms with Crippen molar-refractivity contribution in [1.29, 1.82) is 0 Å². The second kappa shape index (κ2) is 2.27. The Hall–Kier alpha value is -0.370. The van der Waals surface area contributed by atoms with Gasteiger partial charge in [0.05, 0.1) is 0 Å². The van der Waals surface area contributed by atoms with Crippen molar-refractivity contribution in [3.8, 4) is 0 Å². The van der Waals surface area contributed by atoms with E-state index in [9.17, 15) is 4.79 Å². The number of carbonyl (C=O) groups is 1. The van der Waals surface area contributed by atoms with Crippen molar-refractivity contribution in [3.63, 3.8) is 0 Å². The van der Waals surface area contributed by atoms with Gasteiger partial charge in [-0.3, -0.25) is 4.79 Å². The summed E-state index contributed by atoms with van der Waals surface area (Å²) in [6.45, 7) is 0. The molecule has 0 aromatic rings. The molecule has 1 saturated carbocycles. The third-order valence-corrected chi connectivity index (χ3v) is 1.53. The summed E-state index contributed by atoms with van der Waals surface area (Å²) >= 11 is 0. The van der Waals surface area contributed by atoms with Crippen LogP contribution in [0, 0.1) is 5.92 Å². The highest BCUT2D eigenvalue weighted by molar-refractivity contribution is 5.54. The van der Waals surface area contributed by atoms with Gasteiger partial charge in [-0.1, -0.05) is 0 Å². The maximum Gasteiger partial charge on any atom is 0.177 e. The molecule has 8 heavy (non-hydrogen) atoms. The van der Waals surface area contributed by atoms with Gasteiger partial charge in [0.1, 0.15) is 6.04 Å². The lowest BCUT2D eigenvalue weighted by molar-refractivity contribution is -0.402. The Morgan fingerprint density at radius 2 is 2.38 bits per heavy atom. The number of aldehydes is 1. The Labute approximate surface area is 49.1 Å². The van der Waals surface area contributed by atoms with Crippen molar-refractivity contribution in [3.05, 3.63) is 0 Å². The average Bonchev–Trinajstić information content (AvgIpc) is 2.50. The molecule has 46 valence electrons. The summed E-state index contributed by atoms with van der Waals surface area (Å²) in [7, 11) is 0. The Morgan fingerprint density at radius 3 is 2.75 bits per heavy atom. The highest BCUT2D eigenvalue weighted by atomic mass is 16.1. The summed E-state index contributed by atoms with van der Waals surface area (Å²) in [5.41, 5.74) is 3.67. The van der Waals surface area contributed by atoms with Crippen LogP contribution in [0.15, 0.2) is 0 Å². The quantitative estimate of drug-likeness (QED) is 0.498. The third-order valence-electron chi connectivity index (χ3n) is 1.53. The SMILES string of the molecule is [NH3+]C(C=O)CC1CC1. The smallest absolute Gasteiger partial charge is 0.177 e. The molecule has 2 heteroatoms. The van der Waals surface area contributed by atoms with E-state index >= 15 is 0 Å². The summed E-state index contributed by atoms with van der Waals surface area (Å²) in [6, 6.07) is 0.0579. The van der Waals surface area contributed by atoms with E-state index in [1.165, 1.54) is 12.8 Å². The molecule has 1 aliphatic rings. The van der Waals surface area contributed by atoms with Crippen molar-refractivity contribution < 1.29 is 10.5 Å². The molecule has 0 saturated heterocycles. The van der Waals surface area contributed by atoms with Crippen LogP contribution in [0.2, 0.25) is 0 Å². The molecule has 1 aliphatic carbocycles. The van der Waals surface area contributed by atoms with Gasteiger partial charge in [0.15, 0.2) is 6.29 Å². The number of hydrogen-bond donors (Lipinski definition) is 1. The lowest BCUT2D eigenvalue weighted by Gasteiger charge is -1.94. The van der Waals surface area contributed by atoms with Gasteiger partial charge >= 0.3 is 0 Å². The minimum Gasteiger partial charge on any atom is -0.349 e. The minimum absolute atomic E-state index is 0.0579. The molecular formula is C6H12NO+. The molecule has 1 fully saturated rings. The van der Waals surface area contributed by atoms with Gasteiger partial charge < -0.3 is 5.73 Å². The lowest BCUT2D eigenvalue weighted by atomic mass is 10.2. The molecule has 3 N–H and O–H groups in total. The van der Waals surface area contributed by atoms with E-state index in [4.69, 9.17) is 0 Å². The summed E-state index contributed by atoms with van der Waals surface area (Å²) in [5, 5.41) is 0. The Balaban J connectivity index is 2.06. The van der Waals surface area contributed by atoms with Gasteiger partial charge in [-0.15, -0.1) is 0 Å². The Bertz CT molecular complexity index is 88.5. The van der Waals surface area contributed by atoms with Crippen LogP contribution < -0.4 is 5.73 Å². The summed E-state index contributed by atoms with van der Waals surface area (Å²) in [5.74, 6) is 0.836. The van der Waals surface area contributed by atoms with E-state index in [0.717, 1.165) is 18.6 Å². The Morgan fingerprint density at radius 1 is 1.75 bits per heavy atom. The summed E-state index contributed by atoms with van der Waals surface area (Å²) in [4.78, 5) is 10.0. The van der Waals surface area contributed by atoms with E-state index in [1.807, 2.05) is 0 Å². The molecule has 0 amide bonds. The molecule has 1 atom stereocenters. The van der Waals surface area contributed by atoms with Gasteiger partial charge in [0.25, 0.3) is 0 Å². The first-order valence-corrected chi connectivity index (χ1v) is 3.11. The number of quaternary nitrogens is 1. The van der Waals surface area contributed by atoms with Crippen molar-refractivity contribution in [1.82, 2.24) is 0 Å². The van der Waals surface area contributed by atoms with E-state index in [-0.39, 0.29) is 6.04 Å². The third kappa shape index (κ3) is 1.62. The van der Waals surface area contributed by atoms with Crippen LogP contribution in [0.25, 0.3) is 0 Å². The molecule has 0 radical (unpaired) electrons. The van der Waals surface area contributed by atoms with Crippen LogP contribution >= 0.6 is 0 Å². The van der Waals surface area contributed by atoms with Gasteiger partial charge in [-0.05, 0) is 18.8 Å². The summed E-state index contributed by atoms with van der Waals surface area (Å²) in [6.07, 6.45) is 4.60. The first-order valence-electron chi connectivity index (χ1n) is 3.11. The molecule has 0 heterocycles. The van der Waals surface area contributed by atoms with E-state index in [2.05, 4.69) is 5.73 Å². The highest BCUT2D eigenvalue weighted by Gasteiger charge is 2.24. The van der Waals surface area contributed by atoms with Crippen LogP contribution in [-0.2, 0) is 4.79 Å². The monoisotopic (exact) mass is 114 g/mol. The predicted octanol–water partition coefficient (Wildman–Crippen LogP) is -0.404. The lowest BCUT2D eigenvalue weighted by Crippen LogP contribution is -2.61. The van der Waals surface area contributed by atoms with Gasteiger partial charge in [-0.2, -0.15) is 0 Å². The molecule has 2 nitrogen and oxygen atoms in total. The van der Waals surface area contributed by atoms with Crippen molar-refractivity contribution in [2.24, 2.45) is 5.92 Å². The molecule has 0 bridgehead atoms. The van der Waals surface area contributed by atoms with E-state index in [1.54, 1.807) is 0 Å². The van der Waals surface area contributed by atoms with Crippen molar-refractivity contribution in [2.45, 2.75) is 25.3 Å². The highest BCUT2D eigenvalue weighted by Crippen LogP contribution is 2.32. The second-order valence-electron chi connectivity index (χ2n) is 2.58. The van der Waals surface area contributed by atoms with Crippen LogP contribution in [0.3, 0.4) is 0 Å². The zero-order valence-electron chi connectivity index (χ0n) is 4.97. The van der Waals surface area contributed by atoms with Gasteiger partial charge in [0.2, 0.25) is 0 Å². The number of rotatable bonds is 3. The molecule has 0 spiro atoms. The standard InChI is InChI=1S/C6H11NO/c7-6(4-8)3-5-1-2-5/h4-6H,1-3,7H2/p+1. The molecule has 0 aromatic carbocycles. The van der Waals surface area contributed by atoms with Gasteiger partial charge in [-0.25, -0.2) is 0 Å². The largest absolute Gasteiger partial charge is 0.349 e. The topological polar surface area (TPSA) is 44.7 Å². The first kappa shape index (κ1) is 5.76. The van der Waals surface area contributed by atoms with Gasteiger partial charge in [0, 0.05) is 6.42 Å². The fourth-order valence-corrected chi connectivity index (χ4v) is 0.837. The maximum atomic E-state index is 10.0. The van der Waals surface area contributed by atoms with E-state index < -0.39 is 0 Å². The number of hydrogen-bond acceptors (Lipinski definition) is 1. The van der Waals surface area contributed by atoms with Crippen molar-refractivity contribution in [2.75, 3.05) is 0 Å². The van der Waals surface area contributed by atoms with Crippen molar-refractivity contribution >= 4 is 6.29 Å².